The van der Waals surface area contributed by atoms with Crippen molar-refractivity contribution in [2.75, 3.05) is 6.61 Å². The maximum Gasteiger partial charge on any atom is 0.279 e. The van der Waals surface area contributed by atoms with Gasteiger partial charge in [0.05, 0.1) is 17.0 Å². The van der Waals surface area contributed by atoms with Crippen LogP contribution in [-0.2, 0) is 0 Å². The fourth-order valence-electron chi connectivity index (χ4n) is 1.61. The molecule has 0 aliphatic heterocycles. The van der Waals surface area contributed by atoms with E-state index in [2.05, 4.69) is 26.8 Å². The number of ether oxygens (including phenoxy) is 1. The van der Waals surface area contributed by atoms with E-state index in [0.29, 0.717) is 22.8 Å². The van der Waals surface area contributed by atoms with Gasteiger partial charge in [-0.1, -0.05) is 22.0 Å². The number of carbonyl (C=O) groups is 2. The van der Waals surface area contributed by atoms with E-state index in [9.17, 15) is 9.59 Å². The molecule has 2 N–H and O–H groups in total. The predicted octanol–water partition coefficient (Wildman–Crippen LogP) is 2.98. The Bertz CT molecular complexity index is 644. The highest BCUT2D eigenvalue weighted by atomic mass is 79.9. The lowest BCUT2D eigenvalue weighted by molar-refractivity contribution is 0.0846. The van der Waals surface area contributed by atoms with E-state index in [1.807, 2.05) is 6.92 Å². The summed E-state index contributed by atoms with van der Waals surface area (Å²) in [4.78, 5) is 24.4. The lowest BCUT2D eigenvalue weighted by Crippen LogP contribution is -2.41. The zero-order valence-electron chi connectivity index (χ0n) is 11.2. The Balaban J connectivity index is 2.06. The molecule has 0 radical (unpaired) electrons. The van der Waals surface area contributed by atoms with Gasteiger partial charge in [-0.05, 0) is 36.6 Å². The van der Waals surface area contributed by atoms with Crippen LogP contribution in [0.2, 0.25) is 0 Å². The highest BCUT2D eigenvalue weighted by Crippen LogP contribution is 2.23. The minimum absolute atomic E-state index is 0.345. The van der Waals surface area contributed by atoms with Crippen molar-refractivity contribution < 1.29 is 14.3 Å². The number of hydrazine groups is 1. The Morgan fingerprint density at radius 1 is 1.24 bits per heavy atom. The van der Waals surface area contributed by atoms with Crippen LogP contribution in [0.5, 0.6) is 5.75 Å². The molecule has 2 rings (SSSR count). The zero-order chi connectivity index (χ0) is 15.2. The van der Waals surface area contributed by atoms with E-state index >= 15 is 0 Å². The first-order valence-electron chi connectivity index (χ1n) is 6.18. The molecule has 110 valence electrons. The van der Waals surface area contributed by atoms with Gasteiger partial charge in [-0.25, -0.2) is 0 Å². The summed E-state index contributed by atoms with van der Waals surface area (Å²) in [7, 11) is 0. The van der Waals surface area contributed by atoms with Crippen molar-refractivity contribution in [1.29, 1.82) is 0 Å². The van der Waals surface area contributed by atoms with Crippen molar-refractivity contribution in [2.45, 2.75) is 6.92 Å². The predicted molar refractivity (Wildman–Crippen MR) is 84.6 cm³/mol. The summed E-state index contributed by atoms with van der Waals surface area (Å²) in [5.41, 5.74) is 5.10. The number of carbonyl (C=O) groups excluding carboxylic acids is 2. The topological polar surface area (TPSA) is 67.4 Å². The van der Waals surface area contributed by atoms with Crippen molar-refractivity contribution in [1.82, 2.24) is 10.9 Å². The number of halogens is 1. The molecule has 0 spiro atoms. The van der Waals surface area contributed by atoms with Gasteiger partial charge in [-0.15, -0.1) is 11.3 Å². The fourth-order valence-corrected chi connectivity index (χ4v) is 2.59. The molecule has 0 saturated heterocycles. The third-order valence-electron chi connectivity index (χ3n) is 2.52. The van der Waals surface area contributed by atoms with Gasteiger partial charge in [0.15, 0.2) is 0 Å². The minimum Gasteiger partial charge on any atom is -0.493 e. The van der Waals surface area contributed by atoms with Crippen LogP contribution in [0.15, 0.2) is 40.2 Å². The van der Waals surface area contributed by atoms with Crippen molar-refractivity contribution in [3.05, 3.63) is 50.6 Å². The monoisotopic (exact) mass is 368 g/mol. The van der Waals surface area contributed by atoms with E-state index in [1.165, 1.54) is 11.3 Å². The van der Waals surface area contributed by atoms with Crippen LogP contribution in [-0.4, -0.2) is 18.4 Å². The van der Waals surface area contributed by atoms with Gasteiger partial charge in [0.1, 0.15) is 5.75 Å². The van der Waals surface area contributed by atoms with Crippen LogP contribution in [0.4, 0.5) is 0 Å². The molecule has 5 nitrogen and oxygen atoms in total. The molecule has 1 aromatic carbocycles. The standard InChI is InChI=1S/C14H13BrN2O3S/c1-2-20-11-6-5-9(15)8-10(11)13(18)16-17-14(19)12-4-3-7-21-12/h3-8H,2H2,1H3,(H,16,18)(H,17,19). The lowest BCUT2D eigenvalue weighted by Gasteiger charge is -2.11. The van der Waals surface area contributed by atoms with Crippen LogP contribution in [0, 0.1) is 0 Å². The van der Waals surface area contributed by atoms with Crippen molar-refractivity contribution >= 4 is 39.1 Å². The van der Waals surface area contributed by atoms with Gasteiger partial charge in [-0.3, -0.25) is 20.4 Å². The molecule has 0 bridgehead atoms. The second-order valence-electron chi connectivity index (χ2n) is 3.96. The highest BCUT2D eigenvalue weighted by Gasteiger charge is 2.14. The Kier molecular flexibility index (Phi) is 5.35. The molecular weight excluding hydrogens is 356 g/mol. The van der Waals surface area contributed by atoms with Gasteiger partial charge in [-0.2, -0.15) is 0 Å². The first kappa shape index (κ1) is 15.5. The van der Waals surface area contributed by atoms with Crippen LogP contribution >= 0.6 is 27.3 Å². The molecular formula is C14H13BrN2O3S. The quantitative estimate of drug-likeness (QED) is 0.815. The number of thiophene rings is 1. The second-order valence-corrected chi connectivity index (χ2v) is 5.82. The molecule has 0 unspecified atom stereocenters. The Morgan fingerprint density at radius 2 is 2.00 bits per heavy atom. The number of amides is 2. The van der Waals surface area contributed by atoms with Crippen LogP contribution < -0.4 is 15.6 Å². The first-order chi connectivity index (χ1) is 10.1. The molecule has 0 atom stereocenters. The summed E-state index contributed by atoms with van der Waals surface area (Å²) in [5.74, 6) is -0.334. The lowest BCUT2D eigenvalue weighted by atomic mass is 10.2. The normalized spacial score (nSPS) is 10.0. The van der Waals surface area contributed by atoms with E-state index in [1.54, 1.807) is 35.7 Å². The van der Waals surface area contributed by atoms with Crippen molar-refractivity contribution in [2.24, 2.45) is 0 Å². The van der Waals surface area contributed by atoms with Gasteiger partial charge in [0.25, 0.3) is 11.8 Å². The number of nitrogens with one attached hydrogen (secondary N) is 2. The average Bonchev–Trinajstić information content (AvgIpc) is 3.01. The van der Waals surface area contributed by atoms with Gasteiger partial charge in [0, 0.05) is 4.47 Å². The van der Waals surface area contributed by atoms with Crippen LogP contribution in [0.1, 0.15) is 27.0 Å². The van der Waals surface area contributed by atoms with E-state index in [4.69, 9.17) is 4.74 Å². The van der Waals surface area contributed by atoms with Gasteiger partial charge in [0.2, 0.25) is 0 Å². The summed E-state index contributed by atoms with van der Waals surface area (Å²) in [6.45, 7) is 2.28. The van der Waals surface area contributed by atoms with E-state index in [-0.39, 0.29) is 5.91 Å². The summed E-state index contributed by atoms with van der Waals surface area (Å²) >= 11 is 4.60. The Morgan fingerprint density at radius 3 is 2.67 bits per heavy atom. The summed E-state index contributed by atoms with van der Waals surface area (Å²) < 4.78 is 6.15. The summed E-state index contributed by atoms with van der Waals surface area (Å²) in [6.07, 6.45) is 0. The molecule has 1 aromatic heterocycles. The molecule has 7 heteroatoms. The molecule has 2 amide bonds. The Hall–Kier alpha value is -1.86. The van der Waals surface area contributed by atoms with Gasteiger partial charge >= 0.3 is 0 Å². The zero-order valence-corrected chi connectivity index (χ0v) is 13.6. The molecule has 1 heterocycles. The van der Waals surface area contributed by atoms with Crippen LogP contribution in [0.25, 0.3) is 0 Å². The molecule has 0 saturated carbocycles. The maximum absolute atomic E-state index is 12.1. The summed E-state index contributed by atoms with van der Waals surface area (Å²) in [5, 5.41) is 1.79. The van der Waals surface area contributed by atoms with E-state index < -0.39 is 5.91 Å². The smallest absolute Gasteiger partial charge is 0.279 e. The van der Waals surface area contributed by atoms with Crippen LogP contribution in [0.3, 0.4) is 0 Å². The first-order valence-corrected chi connectivity index (χ1v) is 7.85. The van der Waals surface area contributed by atoms with Crippen molar-refractivity contribution in [3.63, 3.8) is 0 Å². The highest BCUT2D eigenvalue weighted by molar-refractivity contribution is 9.10. The SMILES string of the molecule is CCOc1ccc(Br)cc1C(=O)NNC(=O)c1cccs1. The number of benzene rings is 1. The fraction of sp³-hybridized carbons (Fsp3) is 0.143. The molecule has 0 aliphatic rings. The third-order valence-corrected chi connectivity index (χ3v) is 3.88. The minimum atomic E-state index is -0.440. The second kappa shape index (κ2) is 7.24. The molecule has 2 aromatic rings. The number of hydrogen-bond donors (Lipinski definition) is 2. The third kappa shape index (κ3) is 4.05. The largest absolute Gasteiger partial charge is 0.493 e. The number of rotatable bonds is 4. The Labute approximate surface area is 134 Å². The van der Waals surface area contributed by atoms with E-state index in [0.717, 1.165) is 4.47 Å². The summed E-state index contributed by atoms with van der Waals surface area (Å²) in [6, 6.07) is 8.56. The molecule has 21 heavy (non-hydrogen) atoms. The maximum atomic E-state index is 12.1. The molecule has 0 fully saturated rings. The van der Waals surface area contributed by atoms with Crippen molar-refractivity contribution in [3.8, 4) is 5.75 Å². The number of hydrogen-bond acceptors (Lipinski definition) is 4. The van der Waals surface area contributed by atoms with Gasteiger partial charge < -0.3 is 4.74 Å². The average molecular weight is 369 g/mol. The molecule has 0 aliphatic carbocycles.